The summed E-state index contributed by atoms with van der Waals surface area (Å²) in [6, 6.07) is 16.7. The van der Waals surface area contributed by atoms with Crippen LogP contribution in [-0.2, 0) is 12.8 Å². The van der Waals surface area contributed by atoms with E-state index in [2.05, 4.69) is 17.2 Å². The molecular formula is C21H20N2O2S. The Hall–Kier alpha value is -2.66. The molecule has 4 rings (SSSR count). The standard InChI is InChI=1S/C21H20N2O2S/c1-14-7-12-19-18(13-14)22-21(26-19)23-20(24)15-8-10-17(11-9-15)25-16-5-3-2-4-6-16/h2-6,8-11,14H,7,12-13H2,1H3,(H,22,23,24)/t14-/m0/s1. The van der Waals surface area contributed by atoms with Gasteiger partial charge in [-0.3, -0.25) is 10.1 Å². The average Bonchev–Trinajstić information content (AvgIpc) is 3.04. The van der Waals surface area contributed by atoms with Crippen LogP contribution < -0.4 is 10.1 Å². The van der Waals surface area contributed by atoms with E-state index in [1.165, 1.54) is 11.3 Å². The van der Waals surface area contributed by atoms with Crippen molar-refractivity contribution in [1.82, 2.24) is 4.98 Å². The summed E-state index contributed by atoms with van der Waals surface area (Å²) in [6.45, 7) is 2.25. The highest BCUT2D eigenvalue weighted by Crippen LogP contribution is 2.32. The van der Waals surface area contributed by atoms with Crippen molar-refractivity contribution in [1.29, 1.82) is 0 Å². The predicted octanol–water partition coefficient (Wildman–Crippen LogP) is 5.31. The van der Waals surface area contributed by atoms with Gasteiger partial charge >= 0.3 is 0 Å². The Bertz CT molecular complexity index is 904. The Kier molecular flexibility index (Phi) is 4.71. The Balaban J connectivity index is 1.42. The molecule has 5 heteroatoms. The minimum absolute atomic E-state index is 0.143. The highest BCUT2D eigenvalue weighted by Gasteiger charge is 2.20. The van der Waals surface area contributed by atoms with Gasteiger partial charge < -0.3 is 4.74 Å². The molecule has 0 fully saturated rings. The lowest BCUT2D eigenvalue weighted by Gasteiger charge is -2.15. The van der Waals surface area contributed by atoms with Crippen LogP contribution in [0, 0.1) is 5.92 Å². The van der Waals surface area contributed by atoms with Gasteiger partial charge in [0.15, 0.2) is 5.13 Å². The number of nitrogens with one attached hydrogen (secondary N) is 1. The number of thiazole rings is 1. The first-order chi connectivity index (χ1) is 12.7. The quantitative estimate of drug-likeness (QED) is 0.682. The molecule has 1 atom stereocenters. The Labute approximate surface area is 156 Å². The van der Waals surface area contributed by atoms with E-state index < -0.39 is 0 Å². The van der Waals surface area contributed by atoms with Crippen LogP contribution in [0.3, 0.4) is 0 Å². The zero-order valence-electron chi connectivity index (χ0n) is 14.6. The van der Waals surface area contributed by atoms with Crippen molar-refractivity contribution in [2.24, 2.45) is 5.92 Å². The van der Waals surface area contributed by atoms with E-state index in [1.54, 1.807) is 35.6 Å². The van der Waals surface area contributed by atoms with Crippen LogP contribution in [0.1, 0.15) is 34.3 Å². The molecule has 0 spiro atoms. The molecule has 0 radical (unpaired) electrons. The molecule has 1 aliphatic carbocycles. The average molecular weight is 364 g/mol. The Morgan fingerprint density at radius 3 is 2.62 bits per heavy atom. The van der Waals surface area contributed by atoms with Crippen molar-refractivity contribution in [3.8, 4) is 11.5 Å². The molecule has 1 amide bonds. The second kappa shape index (κ2) is 7.30. The molecule has 1 N–H and O–H groups in total. The smallest absolute Gasteiger partial charge is 0.257 e. The van der Waals surface area contributed by atoms with Crippen LogP contribution >= 0.6 is 11.3 Å². The molecule has 132 valence electrons. The number of rotatable bonds is 4. The van der Waals surface area contributed by atoms with Gasteiger partial charge in [-0.2, -0.15) is 0 Å². The van der Waals surface area contributed by atoms with Gasteiger partial charge in [0.2, 0.25) is 0 Å². The van der Waals surface area contributed by atoms with Crippen LogP contribution in [0.4, 0.5) is 5.13 Å². The number of carbonyl (C=O) groups excluding carboxylic acids is 1. The molecule has 2 aromatic carbocycles. The molecule has 1 heterocycles. The molecule has 1 aliphatic rings. The van der Waals surface area contributed by atoms with Gasteiger partial charge in [0.05, 0.1) is 5.69 Å². The van der Waals surface area contributed by atoms with Crippen molar-refractivity contribution in [2.75, 3.05) is 5.32 Å². The lowest BCUT2D eigenvalue weighted by Crippen LogP contribution is -2.12. The number of para-hydroxylation sites is 1. The molecule has 3 aromatic rings. The van der Waals surface area contributed by atoms with Gasteiger partial charge in [-0.15, -0.1) is 11.3 Å². The van der Waals surface area contributed by atoms with Crippen molar-refractivity contribution in [3.05, 3.63) is 70.7 Å². The van der Waals surface area contributed by atoms with E-state index in [0.717, 1.165) is 24.3 Å². The number of aromatic nitrogens is 1. The Morgan fingerprint density at radius 1 is 1.12 bits per heavy atom. The first-order valence-electron chi connectivity index (χ1n) is 8.80. The van der Waals surface area contributed by atoms with Crippen molar-refractivity contribution < 1.29 is 9.53 Å². The van der Waals surface area contributed by atoms with Gasteiger partial charge in [-0.25, -0.2) is 4.98 Å². The molecule has 0 saturated carbocycles. The highest BCUT2D eigenvalue weighted by molar-refractivity contribution is 7.15. The largest absolute Gasteiger partial charge is 0.457 e. The second-order valence-corrected chi connectivity index (χ2v) is 7.71. The number of hydrogen-bond donors (Lipinski definition) is 1. The van der Waals surface area contributed by atoms with Crippen molar-refractivity contribution in [3.63, 3.8) is 0 Å². The van der Waals surface area contributed by atoms with Crippen LogP contribution in [0.5, 0.6) is 11.5 Å². The van der Waals surface area contributed by atoms with E-state index in [0.29, 0.717) is 22.4 Å². The first-order valence-corrected chi connectivity index (χ1v) is 9.62. The minimum Gasteiger partial charge on any atom is -0.457 e. The summed E-state index contributed by atoms with van der Waals surface area (Å²) < 4.78 is 5.75. The molecule has 0 bridgehead atoms. The Morgan fingerprint density at radius 2 is 1.85 bits per heavy atom. The monoisotopic (exact) mass is 364 g/mol. The van der Waals surface area contributed by atoms with E-state index in [-0.39, 0.29) is 5.91 Å². The summed E-state index contributed by atoms with van der Waals surface area (Å²) in [6.07, 6.45) is 3.27. The topological polar surface area (TPSA) is 51.2 Å². The van der Waals surface area contributed by atoms with Crippen LogP contribution in [0.25, 0.3) is 0 Å². The summed E-state index contributed by atoms with van der Waals surface area (Å²) in [5.74, 6) is 2.00. The number of hydrogen-bond acceptors (Lipinski definition) is 4. The fourth-order valence-electron chi connectivity index (χ4n) is 3.07. The second-order valence-electron chi connectivity index (χ2n) is 6.63. The van der Waals surface area contributed by atoms with Gasteiger partial charge in [0, 0.05) is 10.4 Å². The number of benzene rings is 2. The fraction of sp³-hybridized carbons (Fsp3) is 0.238. The van der Waals surface area contributed by atoms with E-state index >= 15 is 0 Å². The normalized spacial score (nSPS) is 16.0. The zero-order valence-corrected chi connectivity index (χ0v) is 15.4. The van der Waals surface area contributed by atoms with Crippen LogP contribution in [0.2, 0.25) is 0 Å². The maximum atomic E-state index is 12.5. The third-order valence-corrected chi connectivity index (χ3v) is 5.57. The van der Waals surface area contributed by atoms with Gasteiger partial charge in [0.25, 0.3) is 5.91 Å². The number of nitrogens with zero attached hydrogens (tertiary/aromatic N) is 1. The van der Waals surface area contributed by atoms with Crippen LogP contribution in [-0.4, -0.2) is 10.9 Å². The van der Waals surface area contributed by atoms with Crippen molar-refractivity contribution in [2.45, 2.75) is 26.2 Å². The maximum Gasteiger partial charge on any atom is 0.257 e. The summed E-state index contributed by atoms with van der Waals surface area (Å²) >= 11 is 1.60. The lowest BCUT2D eigenvalue weighted by atomic mass is 9.93. The molecule has 26 heavy (non-hydrogen) atoms. The van der Waals surface area contributed by atoms with E-state index in [9.17, 15) is 4.79 Å². The summed E-state index contributed by atoms with van der Waals surface area (Å²) in [7, 11) is 0. The number of carbonyl (C=O) groups is 1. The molecule has 0 saturated heterocycles. The third kappa shape index (κ3) is 3.78. The number of ether oxygens (including phenoxy) is 1. The summed E-state index contributed by atoms with van der Waals surface area (Å²) in [5, 5.41) is 3.62. The molecule has 4 nitrogen and oxygen atoms in total. The zero-order chi connectivity index (χ0) is 17.9. The third-order valence-electron chi connectivity index (χ3n) is 4.50. The molecular weight excluding hydrogens is 344 g/mol. The molecule has 0 unspecified atom stereocenters. The predicted molar refractivity (Wildman–Crippen MR) is 104 cm³/mol. The van der Waals surface area contributed by atoms with E-state index in [1.807, 2.05) is 30.3 Å². The number of fused-ring (bicyclic) bond motifs is 1. The molecule has 0 aliphatic heterocycles. The van der Waals surface area contributed by atoms with Gasteiger partial charge in [-0.05, 0) is 61.6 Å². The lowest BCUT2D eigenvalue weighted by molar-refractivity contribution is 0.102. The summed E-state index contributed by atoms with van der Waals surface area (Å²) in [4.78, 5) is 18.4. The first kappa shape index (κ1) is 16.8. The van der Waals surface area contributed by atoms with Crippen molar-refractivity contribution >= 4 is 22.4 Å². The maximum absolute atomic E-state index is 12.5. The number of amides is 1. The fourth-order valence-corrected chi connectivity index (χ4v) is 4.07. The minimum atomic E-state index is -0.143. The highest BCUT2D eigenvalue weighted by atomic mass is 32.1. The van der Waals surface area contributed by atoms with Gasteiger partial charge in [-0.1, -0.05) is 25.1 Å². The number of anilines is 1. The summed E-state index contributed by atoms with van der Waals surface area (Å²) in [5.41, 5.74) is 1.74. The van der Waals surface area contributed by atoms with Crippen LogP contribution in [0.15, 0.2) is 54.6 Å². The SMILES string of the molecule is C[C@H]1CCc2sc(NC(=O)c3ccc(Oc4ccccc4)cc3)nc2C1. The van der Waals surface area contributed by atoms with E-state index in [4.69, 9.17) is 4.74 Å². The number of aryl methyl sites for hydroxylation is 1. The molecule has 1 aromatic heterocycles. The van der Waals surface area contributed by atoms with Gasteiger partial charge in [0.1, 0.15) is 11.5 Å².